The zero-order valence-electron chi connectivity index (χ0n) is 23.9. The number of nitrogens with one attached hydrogen (secondary N) is 1. The Labute approximate surface area is 243 Å². The molecule has 1 saturated heterocycles. The second-order valence-corrected chi connectivity index (χ2v) is 12.7. The number of benzene rings is 2. The Hall–Kier alpha value is -3.43. The van der Waals surface area contributed by atoms with Crippen molar-refractivity contribution in [1.82, 2.24) is 15.1 Å². The molecule has 6 rings (SSSR count). The maximum atomic E-state index is 12.6. The number of nitrogens with zero attached hydrogens (tertiary/aromatic N) is 3. The van der Waals surface area contributed by atoms with Crippen LogP contribution in [-0.2, 0) is 4.79 Å². The molecule has 2 aliphatic carbocycles. The third-order valence-electron chi connectivity index (χ3n) is 10.3. The number of hydrogen-bond donors (Lipinski definition) is 2. The molecule has 0 amide bonds. The van der Waals surface area contributed by atoms with E-state index in [0.29, 0.717) is 29.2 Å². The number of piperidine rings is 1. The van der Waals surface area contributed by atoms with E-state index in [-0.39, 0.29) is 11.8 Å². The number of aliphatic carboxylic acids is 1. The number of carboxylic acids is 1. The minimum absolute atomic E-state index is 0.192. The van der Waals surface area contributed by atoms with E-state index in [4.69, 9.17) is 5.26 Å². The van der Waals surface area contributed by atoms with E-state index in [0.717, 1.165) is 69.4 Å². The Morgan fingerprint density at radius 3 is 2.39 bits per heavy atom. The lowest BCUT2D eigenvalue weighted by atomic mass is 9.73. The second-order valence-electron chi connectivity index (χ2n) is 12.7. The van der Waals surface area contributed by atoms with Gasteiger partial charge in [0.05, 0.1) is 23.2 Å². The van der Waals surface area contributed by atoms with Crippen molar-refractivity contribution in [2.75, 3.05) is 19.6 Å². The number of likely N-dealkylation sites (tertiary alicyclic amines) is 1. The fourth-order valence-electron chi connectivity index (χ4n) is 8.22. The molecular weight excluding hydrogens is 508 g/mol. The molecule has 0 bridgehead atoms. The van der Waals surface area contributed by atoms with Crippen molar-refractivity contribution in [2.45, 2.75) is 69.6 Å². The highest BCUT2D eigenvalue weighted by Crippen LogP contribution is 2.50. The van der Waals surface area contributed by atoms with E-state index < -0.39 is 5.97 Å². The second kappa shape index (κ2) is 12.6. The number of rotatable bonds is 8. The van der Waals surface area contributed by atoms with Gasteiger partial charge in [0.25, 0.3) is 0 Å². The maximum absolute atomic E-state index is 12.6. The molecule has 4 atom stereocenters. The van der Waals surface area contributed by atoms with Crippen LogP contribution in [0.4, 0.5) is 0 Å². The predicted molar refractivity (Wildman–Crippen MR) is 160 cm³/mol. The quantitative estimate of drug-likeness (QED) is 0.309. The molecule has 1 unspecified atom stereocenters. The normalized spacial score (nSPS) is 25.1. The van der Waals surface area contributed by atoms with Gasteiger partial charge in [-0.3, -0.25) is 9.89 Å². The van der Waals surface area contributed by atoms with Gasteiger partial charge in [0.2, 0.25) is 0 Å². The third-order valence-corrected chi connectivity index (χ3v) is 10.3. The Bertz CT molecular complexity index is 1330. The van der Waals surface area contributed by atoms with Crippen molar-refractivity contribution in [3.05, 3.63) is 77.5 Å². The van der Waals surface area contributed by atoms with Crippen LogP contribution in [0.3, 0.4) is 0 Å². The molecule has 2 saturated carbocycles. The summed E-state index contributed by atoms with van der Waals surface area (Å²) < 4.78 is 0. The molecular formula is C35H42N4O2. The summed E-state index contributed by atoms with van der Waals surface area (Å²) in [5.41, 5.74) is 5.20. The Kier molecular flexibility index (Phi) is 8.53. The summed E-state index contributed by atoms with van der Waals surface area (Å²) in [4.78, 5) is 15.2. The summed E-state index contributed by atoms with van der Waals surface area (Å²) in [5.74, 6) is 1.27. The molecule has 1 aromatic heterocycles. The molecule has 0 radical (unpaired) electrons. The van der Waals surface area contributed by atoms with Gasteiger partial charge in [0.15, 0.2) is 0 Å². The van der Waals surface area contributed by atoms with E-state index in [9.17, 15) is 9.90 Å². The van der Waals surface area contributed by atoms with E-state index in [1.54, 1.807) is 0 Å². The summed E-state index contributed by atoms with van der Waals surface area (Å²) in [6, 6.07) is 22.8. The van der Waals surface area contributed by atoms with Gasteiger partial charge in [0.1, 0.15) is 0 Å². The van der Waals surface area contributed by atoms with Crippen molar-refractivity contribution in [1.29, 1.82) is 5.26 Å². The van der Waals surface area contributed by atoms with E-state index >= 15 is 0 Å². The SMILES string of the molecule is N#Cc1ccc(-c2cc(C3CCN(C[C@H]4CC([C@@H](C(=O)O)C5CCCCC5)C[C@@H]4c4ccccc4)CC3)[nH]n2)cc1. The minimum Gasteiger partial charge on any atom is -0.481 e. The molecule has 3 fully saturated rings. The first-order valence-electron chi connectivity index (χ1n) is 15.6. The van der Waals surface area contributed by atoms with Crippen LogP contribution < -0.4 is 0 Å². The van der Waals surface area contributed by atoms with Gasteiger partial charge in [-0.2, -0.15) is 10.4 Å². The van der Waals surface area contributed by atoms with Gasteiger partial charge in [-0.1, -0.05) is 61.7 Å². The van der Waals surface area contributed by atoms with Crippen LogP contribution >= 0.6 is 0 Å². The smallest absolute Gasteiger partial charge is 0.307 e. The van der Waals surface area contributed by atoms with Crippen LogP contribution in [0.1, 0.15) is 86.4 Å². The van der Waals surface area contributed by atoms with E-state index in [2.05, 4.69) is 57.6 Å². The van der Waals surface area contributed by atoms with Gasteiger partial charge in [-0.05, 0) is 99.0 Å². The van der Waals surface area contributed by atoms with Crippen molar-refractivity contribution < 1.29 is 9.90 Å². The molecule has 3 aliphatic rings. The molecule has 214 valence electrons. The molecule has 6 nitrogen and oxygen atoms in total. The lowest BCUT2D eigenvalue weighted by molar-refractivity contribution is -0.146. The van der Waals surface area contributed by atoms with Crippen molar-refractivity contribution in [3.8, 4) is 17.3 Å². The summed E-state index contributed by atoms with van der Waals surface area (Å²) >= 11 is 0. The summed E-state index contributed by atoms with van der Waals surface area (Å²) in [6.07, 6.45) is 10.0. The number of aromatic amines is 1. The molecule has 1 aliphatic heterocycles. The number of nitriles is 1. The van der Waals surface area contributed by atoms with E-state index in [1.807, 2.05) is 24.3 Å². The molecule has 6 heteroatoms. The van der Waals surface area contributed by atoms with Crippen molar-refractivity contribution >= 4 is 5.97 Å². The van der Waals surface area contributed by atoms with Gasteiger partial charge < -0.3 is 10.0 Å². The van der Waals surface area contributed by atoms with Crippen molar-refractivity contribution in [3.63, 3.8) is 0 Å². The van der Waals surface area contributed by atoms with Crippen LogP contribution in [0.5, 0.6) is 0 Å². The Balaban J connectivity index is 1.11. The van der Waals surface area contributed by atoms with Gasteiger partial charge in [0, 0.05) is 23.7 Å². The number of carbonyl (C=O) groups is 1. The number of carboxylic acid groups (broad SMARTS) is 1. The maximum Gasteiger partial charge on any atom is 0.307 e. The first-order chi connectivity index (χ1) is 20.1. The molecule has 0 spiro atoms. The number of H-pyrrole nitrogens is 1. The van der Waals surface area contributed by atoms with Gasteiger partial charge >= 0.3 is 5.97 Å². The predicted octanol–water partition coefficient (Wildman–Crippen LogP) is 7.22. The monoisotopic (exact) mass is 550 g/mol. The highest BCUT2D eigenvalue weighted by molar-refractivity contribution is 5.71. The standard InChI is InChI=1S/C35H42N4O2/c36-22-24-11-13-26(14-12-24)32-21-33(38-37-32)27-15-17-39(18-16-27)23-30-19-29(20-31(30)25-7-3-1-4-8-25)34(35(40)41)28-9-5-2-6-10-28/h1,3-4,7-8,11-14,21,27-31,34H,2,5-6,9-10,15-20,23H2,(H,37,38)(H,40,41)/t29?,30-,31-,34+/m1/s1. The van der Waals surface area contributed by atoms with Crippen LogP contribution in [0.2, 0.25) is 0 Å². The van der Waals surface area contributed by atoms with Gasteiger partial charge in [-0.15, -0.1) is 0 Å². The van der Waals surface area contributed by atoms with Crippen LogP contribution in [0, 0.1) is 35.0 Å². The fourth-order valence-corrected chi connectivity index (χ4v) is 8.22. The molecule has 2 aromatic carbocycles. The Morgan fingerprint density at radius 1 is 0.976 bits per heavy atom. The zero-order chi connectivity index (χ0) is 28.2. The minimum atomic E-state index is -0.560. The largest absolute Gasteiger partial charge is 0.481 e. The average Bonchev–Trinajstić information content (AvgIpc) is 3.67. The molecule has 2 N–H and O–H groups in total. The Morgan fingerprint density at radius 2 is 1.71 bits per heavy atom. The molecule has 3 aromatic rings. The van der Waals surface area contributed by atoms with E-state index in [1.165, 1.54) is 30.5 Å². The summed E-state index contributed by atoms with van der Waals surface area (Å²) in [7, 11) is 0. The highest BCUT2D eigenvalue weighted by atomic mass is 16.4. The topological polar surface area (TPSA) is 93.0 Å². The zero-order valence-corrected chi connectivity index (χ0v) is 23.9. The molecule has 2 heterocycles. The first kappa shape index (κ1) is 27.7. The lowest BCUT2D eigenvalue weighted by Gasteiger charge is -2.35. The van der Waals surface area contributed by atoms with Crippen molar-refractivity contribution in [2.24, 2.45) is 23.7 Å². The lowest BCUT2D eigenvalue weighted by Crippen LogP contribution is -2.37. The third kappa shape index (κ3) is 6.26. The summed E-state index contributed by atoms with van der Waals surface area (Å²) in [6.45, 7) is 3.17. The summed E-state index contributed by atoms with van der Waals surface area (Å²) in [5, 5.41) is 27.3. The molecule has 41 heavy (non-hydrogen) atoms. The van der Waals surface area contributed by atoms with Crippen LogP contribution in [-0.4, -0.2) is 45.8 Å². The van der Waals surface area contributed by atoms with Gasteiger partial charge in [-0.25, -0.2) is 0 Å². The van der Waals surface area contributed by atoms with Crippen LogP contribution in [0.15, 0.2) is 60.7 Å². The number of aromatic nitrogens is 2. The highest BCUT2D eigenvalue weighted by Gasteiger charge is 2.44. The van der Waals surface area contributed by atoms with Crippen LogP contribution in [0.25, 0.3) is 11.3 Å². The first-order valence-corrected chi connectivity index (χ1v) is 15.6. The average molecular weight is 551 g/mol. The number of hydrogen-bond acceptors (Lipinski definition) is 4. The fraction of sp³-hybridized carbons (Fsp3) is 0.514.